The third-order valence-electron chi connectivity index (χ3n) is 2.25. The van der Waals surface area contributed by atoms with Crippen LogP contribution in [0, 0.1) is 6.92 Å². The van der Waals surface area contributed by atoms with Gasteiger partial charge in [0.1, 0.15) is 0 Å². The number of guanidine groups is 1. The monoisotopic (exact) mass is 205 g/mol. The molecule has 0 aliphatic heterocycles. The second kappa shape index (κ2) is 6.06. The summed E-state index contributed by atoms with van der Waals surface area (Å²) < 4.78 is 0. The van der Waals surface area contributed by atoms with E-state index in [1.54, 1.807) is 0 Å². The van der Waals surface area contributed by atoms with E-state index in [1.807, 2.05) is 0 Å². The van der Waals surface area contributed by atoms with Crippen LogP contribution < -0.4 is 11.5 Å². The maximum atomic E-state index is 5.23. The van der Waals surface area contributed by atoms with E-state index < -0.39 is 0 Å². The molecule has 0 unspecified atom stereocenters. The summed E-state index contributed by atoms with van der Waals surface area (Å²) in [5.74, 6) is 0.186. The Morgan fingerprint density at radius 3 is 2.73 bits per heavy atom. The number of nitrogens with two attached hydrogens (primary N) is 2. The van der Waals surface area contributed by atoms with Gasteiger partial charge in [-0.25, -0.2) is 0 Å². The second-order valence-electron chi connectivity index (χ2n) is 3.75. The molecule has 0 aliphatic rings. The fourth-order valence-electron chi connectivity index (χ4n) is 1.52. The summed E-state index contributed by atoms with van der Waals surface area (Å²) in [6.07, 6.45) is 3.26. The number of hydrogen-bond donors (Lipinski definition) is 2. The van der Waals surface area contributed by atoms with Crippen LogP contribution in [0.25, 0.3) is 0 Å². The van der Waals surface area contributed by atoms with Gasteiger partial charge in [0.25, 0.3) is 0 Å². The number of rotatable bonds is 5. The third-order valence-corrected chi connectivity index (χ3v) is 2.25. The average Bonchev–Trinajstić information content (AvgIpc) is 2.17. The predicted molar refractivity (Wildman–Crippen MR) is 64.8 cm³/mol. The number of unbranched alkanes of at least 4 members (excludes halogenated alkanes) is 1. The van der Waals surface area contributed by atoms with Crippen molar-refractivity contribution < 1.29 is 0 Å². The van der Waals surface area contributed by atoms with Crippen LogP contribution in [0.2, 0.25) is 0 Å². The lowest BCUT2D eigenvalue weighted by Crippen LogP contribution is -2.22. The summed E-state index contributed by atoms with van der Waals surface area (Å²) in [4.78, 5) is 3.95. The summed E-state index contributed by atoms with van der Waals surface area (Å²) in [6, 6.07) is 8.59. The SMILES string of the molecule is Cc1cccc(CCCCN=C(N)N)c1. The zero-order chi connectivity index (χ0) is 11.1. The normalized spacial score (nSPS) is 9.93. The van der Waals surface area contributed by atoms with Crippen molar-refractivity contribution in [2.45, 2.75) is 26.2 Å². The molecule has 82 valence electrons. The summed E-state index contributed by atoms with van der Waals surface area (Å²) in [7, 11) is 0. The van der Waals surface area contributed by atoms with Crippen molar-refractivity contribution >= 4 is 5.96 Å². The Balaban J connectivity index is 2.23. The molecule has 1 aromatic rings. The van der Waals surface area contributed by atoms with E-state index in [4.69, 9.17) is 11.5 Å². The summed E-state index contributed by atoms with van der Waals surface area (Å²) >= 11 is 0. The van der Waals surface area contributed by atoms with Gasteiger partial charge in [-0.15, -0.1) is 0 Å². The smallest absolute Gasteiger partial charge is 0.185 e. The molecule has 1 rings (SSSR count). The van der Waals surface area contributed by atoms with Gasteiger partial charge < -0.3 is 11.5 Å². The average molecular weight is 205 g/mol. The highest BCUT2D eigenvalue weighted by Crippen LogP contribution is 2.07. The van der Waals surface area contributed by atoms with Crippen molar-refractivity contribution in [3.8, 4) is 0 Å². The van der Waals surface area contributed by atoms with Crippen LogP contribution in [0.15, 0.2) is 29.3 Å². The maximum absolute atomic E-state index is 5.23. The van der Waals surface area contributed by atoms with Gasteiger partial charge >= 0.3 is 0 Å². The van der Waals surface area contributed by atoms with Crippen LogP contribution in [0.5, 0.6) is 0 Å². The largest absolute Gasteiger partial charge is 0.370 e. The number of aryl methyl sites for hydroxylation is 2. The lowest BCUT2D eigenvalue weighted by molar-refractivity contribution is 0.744. The van der Waals surface area contributed by atoms with Crippen molar-refractivity contribution in [2.75, 3.05) is 6.54 Å². The van der Waals surface area contributed by atoms with E-state index in [0.717, 1.165) is 25.8 Å². The number of nitrogens with zero attached hydrogens (tertiary/aromatic N) is 1. The fourth-order valence-corrected chi connectivity index (χ4v) is 1.52. The minimum absolute atomic E-state index is 0.186. The molecule has 0 bridgehead atoms. The molecule has 0 fully saturated rings. The molecular formula is C12H19N3. The molecule has 0 saturated heterocycles. The van der Waals surface area contributed by atoms with Gasteiger partial charge in [-0.3, -0.25) is 4.99 Å². The van der Waals surface area contributed by atoms with Gasteiger partial charge in [0.15, 0.2) is 5.96 Å². The predicted octanol–water partition coefficient (Wildman–Crippen LogP) is 1.59. The maximum Gasteiger partial charge on any atom is 0.185 e. The lowest BCUT2D eigenvalue weighted by atomic mass is 10.1. The molecule has 0 aromatic heterocycles. The highest BCUT2D eigenvalue weighted by molar-refractivity contribution is 5.75. The van der Waals surface area contributed by atoms with Crippen LogP contribution in [-0.4, -0.2) is 12.5 Å². The first kappa shape index (κ1) is 11.6. The van der Waals surface area contributed by atoms with E-state index in [0.29, 0.717) is 0 Å². The van der Waals surface area contributed by atoms with Crippen LogP contribution in [0.1, 0.15) is 24.0 Å². The van der Waals surface area contributed by atoms with Gasteiger partial charge in [0, 0.05) is 6.54 Å². The Bertz CT molecular complexity index is 327. The van der Waals surface area contributed by atoms with Crippen molar-refractivity contribution in [3.05, 3.63) is 35.4 Å². The van der Waals surface area contributed by atoms with E-state index in [2.05, 4.69) is 36.2 Å². The van der Waals surface area contributed by atoms with Gasteiger partial charge in [-0.05, 0) is 31.7 Å². The minimum atomic E-state index is 0.186. The molecule has 0 amide bonds. The van der Waals surface area contributed by atoms with Crippen molar-refractivity contribution in [1.29, 1.82) is 0 Å². The molecule has 0 spiro atoms. The Hall–Kier alpha value is -1.51. The molecule has 0 radical (unpaired) electrons. The molecule has 1 aromatic carbocycles. The topological polar surface area (TPSA) is 64.4 Å². The van der Waals surface area contributed by atoms with Gasteiger partial charge in [0.05, 0.1) is 0 Å². The number of aliphatic imine (C=N–C) groups is 1. The van der Waals surface area contributed by atoms with E-state index >= 15 is 0 Å². The van der Waals surface area contributed by atoms with E-state index in [1.165, 1.54) is 11.1 Å². The molecule has 0 saturated carbocycles. The summed E-state index contributed by atoms with van der Waals surface area (Å²) in [5, 5.41) is 0. The molecular weight excluding hydrogens is 186 g/mol. The Morgan fingerprint density at radius 1 is 1.27 bits per heavy atom. The van der Waals surface area contributed by atoms with Crippen LogP contribution in [0.3, 0.4) is 0 Å². The summed E-state index contributed by atoms with van der Waals surface area (Å²) in [5.41, 5.74) is 13.2. The van der Waals surface area contributed by atoms with Crippen molar-refractivity contribution in [1.82, 2.24) is 0 Å². The van der Waals surface area contributed by atoms with Gasteiger partial charge in [-0.1, -0.05) is 29.8 Å². The standard InChI is InChI=1S/C12H19N3/c1-10-5-4-7-11(9-10)6-2-3-8-15-12(13)14/h4-5,7,9H,2-3,6,8H2,1H3,(H4,13,14,15). The van der Waals surface area contributed by atoms with E-state index in [-0.39, 0.29) is 5.96 Å². The van der Waals surface area contributed by atoms with Crippen LogP contribution >= 0.6 is 0 Å². The van der Waals surface area contributed by atoms with Crippen molar-refractivity contribution in [3.63, 3.8) is 0 Å². The first-order chi connectivity index (χ1) is 7.18. The van der Waals surface area contributed by atoms with Gasteiger partial charge in [-0.2, -0.15) is 0 Å². The quantitative estimate of drug-likeness (QED) is 0.435. The zero-order valence-corrected chi connectivity index (χ0v) is 9.24. The highest BCUT2D eigenvalue weighted by atomic mass is 15.0. The highest BCUT2D eigenvalue weighted by Gasteiger charge is 1.93. The molecule has 4 N–H and O–H groups in total. The lowest BCUT2D eigenvalue weighted by Gasteiger charge is -2.01. The fraction of sp³-hybridized carbons (Fsp3) is 0.417. The second-order valence-corrected chi connectivity index (χ2v) is 3.75. The number of benzene rings is 1. The van der Waals surface area contributed by atoms with E-state index in [9.17, 15) is 0 Å². The van der Waals surface area contributed by atoms with Crippen LogP contribution in [-0.2, 0) is 6.42 Å². The first-order valence-electron chi connectivity index (χ1n) is 5.29. The molecule has 3 heteroatoms. The Morgan fingerprint density at radius 2 is 2.07 bits per heavy atom. The molecule has 0 aliphatic carbocycles. The van der Waals surface area contributed by atoms with Crippen molar-refractivity contribution in [2.24, 2.45) is 16.5 Å². The minimum Gasteiger partial charge on any atom is -0.370 e. The molecule has 15 heavy (non-hydrogen) atoms. The summed E-state index contributed by atoms with van der Waals surface area (Å²) in [6.45, 7) is 2.84. The van der Waals surface area contributed by atoms with Crippen LogP contribution in [0.4, 0.5) is 0 Å². The Labute approximate surface area is 91.2 Å². The molecule has 3 nitrogen and oxygen atoms in total. The first-order valence-corrected chi connectivity index (χ1v) is 5.29. The zero-order valence-electron chi connectivity index (χ0n) is 9.24. The Kier molecular flexibility index (Phi) is 4.68. The van der Waals surface area contributed by atoms with Gasteiger partial charge in [0.2, 0.25) is 0 Å². The molecule has 0 heterocycles. The number of hydrogen-bond acceptors (Lipinski definition) is 1. The molecule has 0 atom stereocenters. The third kappa shape index (κ3) is 5.05.